The molecule has 1 unspecified atom stereocenters. The van der Waals surface area contributed by atoms with Crippen molar-refractivity contribution in [3.05, 3.63) is 89.2 Å². The number of nitrogens with two attached hydrogens (primary N) is 1. The van der Waals surface area contributed by atoms with E-state index in [0.717, 1.165) is 17.7 Å². The highest BCUT2D eigenvalue weighted by atomic mass is 19.4. The van der Waals surface area contributed by atoms with Gasteiger partial charge in [-0.2, -0.15) is 18.3 Å². The van der Waals surface area contributed by atoms with Crippen molar-refractivity contribution < 1.29 is 23.1 Å². The third-order valence-corrected chi connectivity index (χ3v) is 4.61. The molecule has 0 aliphatic heterocycles. The van der Waals surface area contributed by atoms with Crippen molar-refractivity contribution in [2.75, 3.05) is 0 Å². The average Bonchev–Trinajstić information content (AvgIpc) is 3.18. The first kappa shape index (κ1) is 23.0. The average molecular weight is 442 g/mol. The molecule has 0 amide bonds. The molecule has 0 aliphatic carbocycles. The number of hydrogen-bond acceptors (Lipinski definition) is 4. The fourth-order valence-electron chi connectivity index (χ4n) is 2.91. The summed E-state index contributed by atoms with van der Waals surface area (Å²) in [6, 6.07) is 18.9. The van der Waals surface area contributed by atoms with Crippen molar-refractivity contribution in [2.24, 2.45) is 5.73 Å². The van der Waals surface area contributed by atoms with Crippen LogP contribution in [0.25, 0.3) is 16.9 Å². The molecule has 0 bridgehead atoms. The highest BCUT2D eigenvalue weighted by Crippen LogP contribution is 2.32. The number of aryl methyl sites for hydroxylation is 1. The number of aromatic nitrogens is 3. The number of halogens is 3. The summed E-state index contributed by atoms with van der Waals surface area (Å²) in [6.45, 7) is 3.84. The van der Waals surface area contributed by atoms with Gasteiger partial charge in [-0.15, -0.1) is 0 Å². The zero-order valence-corrected chi connectivity index (χ0v) is 17.3. The summed E-state index contributed by atoms with van der Waals surface area (Å²) in [5, 5.41) is 12.4. The topological polar surface area (TPSA) is 93.5 Å². The van der Waals surface area contributed by atoms with Gasteiger partial charge in [-0.1, -0.05) is 60.2 Å². The minimum absolute atomic E-state index is 0.0988. The van der Waals surface area contributed by atoms with E-state index >= 15 is 0 Å². The fourth-order valence-corrected chi connectivity index (χ4v) is 2.91. The third-order valence-electron chi connectivity index (χ3n) is 4.61. The van der Waals surface area contributed by atoms with Gasteiger partial charge in [0.2, 0.25) is 0 Å². The molecule has 4 rings (SSSR count). The first-order chi connectivity index (χ1) is 15.1. The van der Waals surface area contributed by atoms with Crippen LogP contribution in [-0.2, 0) is 6.18 Å². The lowest BCUT2D eigenvalue weighted by molar-refractivity contribution is -0.142. The summed E-state index contributed by atoms with van der Waals surface area (Å²) in [4.78, 5) is 15.0. The Morgan fingerprint density at radius 3 is 2.19 bits per heavy atom. The number of fused-ring (bicyclic) bond motifs is 1. The van der Waals surface area contributed by atoms with E-state index in [9.17, 15) is 18.0 Å². The Balaban J connectivity index is 0.000000269. The van der Waals surface area contributed by atoms with Crippen LogP contribution in [0.15, 0.2) is 66.7 Å². The van der Waals surface area contributed by atoms with Crippen LogP contribution >= 0.6 is 0 Å². The maximum Gasteiger partial charge on any atom is 0.433 e. The SMILES string of the molecule is CC(N)c1ccccc1.Cc1ccc(-c2cc(C(F)(F)F)n3nc(C(=O)O)cc3n2)cc1. The fraction of sp³-hybridized carbons (Fsp3) is 0.174. The van der Waals surface area contributed by atoms with Gasteiger partial charge < -0.3 is 10.8 Å². The summed E-state index contributed by atoms with van der Waals surface area (Å²) >= 11 is 0. The van der Waals surface area contributed by atoms with Crippen molar-refractivity contribution in [3.8, 4) is 11.3 Å². The standard InChI is InChI=1S/C15H10F3N3O2.C8H11N/c1-8-2-4-9(5-3-8)10-6-12(15(16,17)18)21-13(19-10)7-11(20-21)14(22)23;1-7(9)8-5-3-2-4-6-8/h2-7H,1H3,(H,22,23);2-7H,9H2,1H3. The van der Waals surface area contributed by atoms with E-state index in [1.807, 2.05) is 44.2 Å². The molecule has 0 saturated heterocycles. The number of carbonyl (C=O) groups is 1. The maximum atomic E-state index is 13.3. The molecule has 4 aromatic rings. The molecule has 9 heteroatoms. The lowest BCUT2D eigenvalue weighted by atomic mass is 10.1. The number of carboxylic acid groups (broad SMARTS) is 1. The van der Waals surface area contributed by atoms with Gasteiger partial charge in [0.15, 0.2) is 17.0 Å². The second-order valence-electron chi connectivity index (χ2n) is 7.19. The van der Waals surface area contributed by atoms with Crippen LogP contribution in [0.2, 0.25) is 0 Å². The number of rotatable bonds is 3. The van der Waals surface area contributed by atoms with Crippen LogP contribution in [0.4, 0.5) is 13.2 Å². The Hall–Kier alpha value is -3.72. The molecule has 3 N–H and O–H groups in total. The summed E-state index contributed by atoms with van der Waals surface area (Å²) in [6.07, 6.45) is -4.69. The van der Waals surface area contributed by atoms with Gasteiger partial charge >= 0.3 is 12.1 Å². The second-order valence-corrected chi connectivity index (χ2v) is 7.19. The van der Waals surface area contributed by atoms with Crippen molar-refractivity contribution in [1.82, 2.24) is 14.6 Å². The Morgan fingerprint density at radius 1 is 1.06 bits per heavy atom. The van der Waals surface area contributed by atoms with Crippen LogP contribution in [0.5, 0.6) is 0 Å². The lowest BCUT2D eigenvalue weighted by Crippen LogP contribution is -2.14. The number of aromatic carboxylic acids is 1. The first-order valence-corrected chi connectivity index (χ1v) is 9.65. The van der Waals surface area contributed by atoms with Gasteiger partial charge in [0.1, 0.15) is 0 Å². The van der Waals surface area contributed by atoms with Crippen LogP contribution < -0.4 is 5.73 Å². The molecule has 32 heavy (non-hydrogen) atoms. The quantitative estimate of drug-likeness (QED) is 0.459. The molecule has 1 atom stereocenters. The zero-order chi connectivity index (χ0) is 23.5. The highest BCUT2D eigenvalue weighted by molar-refractivity contribution is 5.86. The lowest BCUT2D eigenvalue weighted by Gasteiger charge is -2.11. The molecule has 0 fully saturated rings. The van der Waals surface area contributed by atoms with Gasteiger partial charge in [-0.05, 0) is 25.5 Å². The molecule has 2 aromatic heterocycles. The highest BCUT2D eigenvalue weighted by Gasteiger charge is 2.35. The van der Waals surface area contributed by atoms with Crippen molar-refractivity contribution in [3.63, 3.8) is 0 Å². The second kappa shape index (κ2) is 9.19. The zero-order valence-electron chi connectivity index (χ0n) is 17.3. The van der Waals surface area contributed by atoms with Gasteiger partial charge in [-0.25, -0.2) is 14.3 Å². The summed E-state index contributed by atoms with van der Waals surface area (Å²) in [7, 11) is 0. The predicted molar refractivity (Wildman–Crippen MR) is 114 cm³/mol. The number of carboxylic acids is 1. The molecule has 0 radical (unpaired) electrons. The Bertz CT molecular complexity index is 1220. The van der Waals surface area contributed by atoms with Crippen LogP contribution in [0, 0.1) is 6.92 Å². The molecule has 0 spiro atoms. The Morgan fingerprint density at radius 2 is 1.69 bits per heavy atom. The molecular weight excluding hydrogens is 421 g/mol. The minimum Gasteiger partial charge on any atom is -0.476 e. The van der Waals surface area contributed by atoms with Crippen molar-refractivity contribution >= 4 is 11.6 Å². The van der Waals surface area contributed by atoms with E-state index < -0.39 is 23.5 Å². The minimum atomic E-state index is -4.69. The largest absolute Gasteiger partial charge is 0.476 e. The van der Waals surface area contributed by atoms with E-state index in [1.165, 1.54) is 5.56 Å². The Kier molecular flexibility index (Phi) is 6.59. The molecule has 166 valence electrons. The Labute approximate surface area is 182 Å². The summed E-state index contributed by atoms with van der Waals surface area (Å²) in [5.74, 6) is -1.42. The summed E-state index contributed by atoms with van der Waals surface area (Å²) < 4.78 is 40.3. The van der Waals surface area contributed by atoms with Crippen LogP contribution in [-0.4, -0.2) is 25.7 Å². The first-order valence-electron chi connectivity index (χ1n) is 9.65. The smallest absolute Gasteiger partial charge is 0.433 e. The number of nitrogens with zero attached hydrogens (tertiary/aromatic N) is 3. The monoisotopic (exact) mass is 442 g/mol. The molecular formula is C23H21F3N4O2. The predicted octanol–water partition coefficient (Wildman–Crippen LogP) is 5.13. The van der Waals surface area contributed by atoms with Crippen LogP contribution in [0.1, 0.15) is 40.3 Å². The van der Waals surface area contributed by atoms with Gasteiger partial charge in [0, 0.05) is 17.7 Å². The normalized spacial score (nSPS) is 12.2. The van der Waals surface area contributed by atoms with E-state index in [2.05, 4.69) is 10.1 Å². The third kappa shape index (κ3) is 5.30. The van der Waals surface area contributed by atoms with Gasteiger partial charge in [0.25, 0.3) is 0 Å². The number of hydrogen-bond donors (Lipinski definition) is 2. The molecule has 2 aromatic carbocycles. The van der Waals surface area contributed by atoms with Gasteiger partial charge in [0.05, 0.1) is 5.69 Å². The molecule has 6 nitrogen and oxygen atoms in total. The summed E-state index contributed by atoms with van der Waals surface area (Å²) in [5.41, 5.74) is 6.62. The van der Waals surface area contributed by atoms with E-state index in [0.29, 0.717) is 10.1 Å². The van der Waals surface area contributed by atoms with Crippen molar-refractivity contribution in [1.29, 1.82) is 0 Å². The molecule has 2 heterocycles. The molecule has 0 saturated carbocycles. The van der Waals surface area contributed by atoms with Gasteiger partial charge in [-0.3, -0.25) is 0 Å². The van der Waals surface area contributed by atoms with Crippen LogP contribution in [0.3, 0.4) is 0 Å². The van der Waals surface area contributed by atoms with E-state index in [4.69, 9.17) is 10.8 Å². The number of alkyl halides is 3. The number of benzene rings is 2. The molecule has 0 aliphatic rings. The van der Waals surface area contributed by atoms with E-state index in [-0.39, 0.29) is 17.4 Å². The van der Waals surface area contributed by atoms with E-state index in [1.54, 1.807) is 24.3 Å². The van der Waals surface area contributed by atoms with Crippen molar-refractivity contribution in [2.45, 2.75) is 26.1 Å². The maximum absolute atomic E-state index is 13.3.